The third-order valence-corrected chi connectivity index (χ3v) is 2.78. The molecule has 2 aromatic rings. The highest BCUT2D eigenvalue weighted by Gasteiger charge is 2.13. The highest BCUT2D eigenvalue weighted by atomic mass is 35.5. The normalized spacial score (nSPS) is 10.4. The fourth-order valence-electron chi connectivity index (χ4n) is 1.56. The minimum absolute atomic E-state index is 0.0302. The summed E-state index contributed by atoms with van der Waals surface area (Å²) in [6.07, 6.45) is 1.32. The molecule has 0 amide bonds. The van der Waals surface area contributed by atoms with Gasteiger partial charge in [0.25, 0.3) is 11.2 Å². The van der Waals surface area contributed by atoms with Crippen molar-refractivity contribution in [2.45, 2.75) is 6.54 Å². The highest BCUT2D eigenvalue weighted by molar-refractivity contribution is 6.32. The summed E-state index contributed by atoms with van der Waals surface area (Å²) in [5.74, 6) is 0. The van der Waals surface area contributed by atoms with Crippen molar-refractivity contribution in [1.29, 1.82) is 0 Å². The summed E-state index contributed by atoms with van der Waals surface area (Å²) in [7, 11) is 0. The minimum Gasteiger partial charge on any atom is -0.296 e. The van der Waals surface area contributed by atoms with E-state index < -0.39 is 16.2 Å². The summed E-state index contributed by atoms with van der Waals surface area (Å²) in [5, 5.41) is 10.8. The molecule has 0 aliphatic carbocycles. The zero-order valence-corrected chi connectivity index (χ0v) is 10.3. The Morgan fingerprint density at radius 2 is 2.05 bits per heavy atom. The smallest absolute Gasteiger partial charge is 0.296 e. The maximum atomic E-state index is 11.5. The lowest BCUT2D eigenvalue weighted by Crippen LogP contribution is -2.28. The molecule has 19 heavy (non-hydrogen) atoms. The van der Waals surface area contributed by atoms with E-state index in [4.69, 9.17) is 11.6 Å². The number of nitro groups is 1. The molecule has 0 fully saturated rings. The van der Waals surface area contributed by atoms with Crippen LogP contribution in [0.2, 0.25) is 5.02 Å². The first-order chi connectivity index (χ1) is 8.97. The fraction of sp³-hybridized carbons (Fsp3) is 0.0909. The summed E-state index contributed by atoms with van der Waals surface area (Å²) >= 11 is 5.69. The van der Waals surface area contributed by atoms with Crippen LogP contribution in [0.3, 0.4) is 0 Å². The van der Waals surface area contributed by atoms with E-state index in [-0.39, 0.29) is 17.3 Å². The van der Waals surface area contributed by atoms with E-state index in [1.165, 1.54) is 29.0 Å². The number of rotatable bonds is 3. The molecule has 1 aromatic heterocycles. The quantitative estimate of drug-likeness (QED) is 0.674. The first kappa shape index (κ1) is 13.0. The molecular weight excluding hydrogens is 274 g/mol. The molecule has 0 unspecified atom stereocenters. The maximum absolute atomic E-state index is 11.5. The Balaban J connectivity index is 2.39. The molecule has 2 rings (SSSR count). The van der Waals surface area contributed by atoms with Crippen LogP contribution in [0.15, 0.2) is 40.1 Å². The highest BCUT2D eigenvalue weighted by Crippen LogP contribution is 2.25. The Labute approximate surface area is 111 Å². The van der Waals surface area contributed by atoms with Gasteiger partial charge in [0.05, 0.1) is 11.5 Å². The number of hydrogen-bond donors (Lipinski definition) is 1. The van der Waals surface area contributed by atoms with E-state index in [1.54, 1.807) is 6.07 Å². The van der Waals surface area contributed by atoms with Gasteiger partial charge in [0.15, 0.2) is 0 Å². The van der Waals surface area contributed by atoms with Gasteiger partial charge >= 0.3 is 5.69 Å². The van der Waals surface area contributed by atoms with Gasteiger partial charge in [0.2, 0.25) is 0 Å². The third kappa shape index (κ3) is 2.89. The SMILES string of the molecule is O=c1ccn(Cc2ccc(Cl)c([N+](=O)[O-])c2)c(=O)[nH]1. The zero-order chi connectivity index (χ0) is 14.0. The Kier molecular flexibility index (Phi) is 3.48. The number of hydrogen-bond acceptors (Lipinski definition) is 4. The van der Waals surface area contributed by atoms with Gasteiger partial charge in [-0.05, 0) is 11.6 Å². The molecule has 0 aliphatic rings. The van der Waals surface area contributed by atoms with Crippen LogP contribution in [0, 0.1) is 10.1 Å². The van der Waals surface area contributed by atoms with Crippen LogP contribution >= 0.6 is 11.6 Å². The van der Waals surface area contributed by atoms with E-state index in [0.717, 1.165) is 0 Å². The van der Waals surface area contributed by atoms with Gasteiger partial charge in [-0.25, -0.2) is 4.79 Å². The zero-order valence-electron chi connectivity index (χ0n) is 9.50. The molecule has 1 aromatic carbocycles. The standard InChI is InChI=1S/C11H8ClN3O4/c12-8-2-1-7(5-9(8)15(18)19)6-14-4-3-10(16)13-11(14)17/h1-5H,6H2,(H,13,16,17). The lowest BCUT2D eigenvalue weighted by molar-refractivity contribution is -0.384. The molecule has 0 spiro atoms. The van der Waals surface area contributed by atoms with Crippen molar-refractivity contribution in [2.75, 3.05) is 0 Å². The van der Waals surface area contributed by atoms with Crippen LogP contribution in [0.25, 0.3) is 0 Å². The van der Waals surface area contributed by atoms with E-state index in [0.29, 0.717) is 5.56 Å². The van der Waals surface area contributed by atoms with Crippen LogP contribution in [-0.4, -0.2) is 14.5 Å². The van der Waals surface area contributed by atoms with Crippen LogP contribution < -0.4 is 11.2 Å². The number of nitrogens with zero attached hydrogens (tertiary/aromatic N) is 2. The van der Waals surface area contributed by atoms with Gasteiger partial charge in [-0.1, -0.05) is 17.7 Å². The van der Waals surface area contributed by atoms with Crippen LogP contribution in [0.4, 0.5) is 5.69 Å². The van der Waals surface area contributed by atoms with Crippen molar-refractivity contribution in [3.05, 3.63) is 72.0 Å². The van der Waals surface area contributed by atoms with Gasteiger partial charge in [-0.3, -0.25) is 24.5 Å². The minimum atomic E-state index is -0.596. The molecule has 0 atom stereocenters. The molecular formula is C11H8ClN3O4. The van der Waals surface area contributed by atoms with Crippen molar-refractivity contribution in [2.24, 2.45) is 0 Å². The van der Waals surface area contributed by atoms with E-state index in [2.05, 4.69) is 4.98 Å². The van der Waals surface area contributed by atoms with Crippen molar-refractivity contribution in [1.82, 2.24) is 9.55 Å². The molecule has 0 aliphatic heterocycles. The second kappa shape index (κ2) is 5.07. The topological polar surface area (TPSA) is 98.0 Å². The first-order valence-corrected chi connectivity index (χ1v) is 5.58. The number of halogens is 1. The monoisotopic (exact) mass is 281 g/mol. The van der Waals surface area contributed by atoms with Crippen LogP contribution in [-0.2, 0) is 6.54 Å². The van der Waals surface area contributed by atoms with E-state index in [9.17, 15) is 19.7 Å². The van der Waals surface area contributed by atoms with Crippen molar-refractivity contribution < 1.29 is 4.92 Å². The van der Waals surface area contributed by atoms with Crippen LogP contribution in [0.1, 0.15) is 5.56 Å². The molecule has 98 valence electrons. The number of aromatic nitrogens is 2. The van der Waals surface area contributed by atoms with Gasteiger partial charge in [0.1, 0.15) is 5.02 Å². The Hall–Kier alpha value is -2.41. The van der Waals surface area contributed by atoms with Gasteiger partial charge in [-0.2, -0.15) is 0 Å². The molecule has 8 heteroatoms. The molecule has 0 radical (unpaired) electrons. The van der Waals surface area contributed by atoms with Crippen LogP contribution in [0.5, 0.6) is 0 Å². The third-order valence-electron chi connectivity index (χ3n) is 2.46. The summed E-state index contributed by atoms with van der Waals surface area (Å²) in [6.45, 7) is 0.105. The van der Waals surface area contributed by atoms with E-state index >= 15 is 0 Å². The van der Waals surface area contributed by atoms with Crippen molar-refractivity contribution >= 4 is 17.3 Å². The molecule has 0 saturated carbocycles. The molecule has 1 N–H and O–H groups in total. The average Bonchev–Trinajstić information content (AvgIpc) is 2.34. The second-order valence-electron chi connectivity index (χ2n) is 3.78. The predicted molar refractivity (Wildman–Crippen MR) is 68.5 cm³/mol. The lowest BCUT2D eigenvalue weighted by atomic mass is 10.2. The second-order valence-corrected chi connectivity index (χ2v) is 4.19. The molecule has 7 nitrogen and oxygen atoms in total. The molecule has 0 bridgehead atoms. The van der Waals surface area contributed by atoms with Gasteiger partial charge in [0, 0.05) is 18.3 Å². The molecule has 0 saturated heterocycles. The Bertz CT molecular complexity index is 750. The predicted octanol–water partition coefficient (Wildman–Crippen LogP) is 1.15. The fourth-order valence-corrected chi connectivity index (χ4v) is 1.75. The average molecular weight is 282 g/mol. The number of benzene rings is 1. The molecule has 1 heterocycles. The largest absolute Gasteiger partial charge is 0.328 e. The summed E-state index contributed by atoms with van der Waals surface area (Å²) in [6, 6.07) is 5.46. The Morgan fingerprint density at radius 1 is 1.32 bits per heavy atom. The van der Waals surface area contributed by atoms with E-state index in [1.807, 2.05) is 0 Å². The number of nitrogens with one attached hydrogen (secondary N) is 1. The summed E-state index contributed by atoms with van der Waals surface area (Å²) in [5.41, 5.74) is -0.768. The number of H-pyrrole nitrogens is 1. The first-order valence-electron chi connectivity index (χ1n) is 5.20. The number of nitro benzene ring substituents is 1. The summed E-state index contributed by atoms with van der Waals surface area (Å²) in [4.78, 5) is 34.6. The maximum Gasteiger partial charge on any atom is 0.328 e. The number of aromatic amines is 1. The summed E-state index contributed by atoms with van der Waals surface area (Å²) < 4.78 is 1.23. The van der Waals surface area contributed by atoms with Crippen molar-refractivity contribution in [3.8, 4) is 0 Å². The lowest BCUT2D eigenvalue weighted by Gasteiger charge is -2.05. The van der Waals surface area contributed by atoms with Crippen molar-refractivity contribution in [3.63, 3.8) is 0 Å². The Morgan fingerprint density at radius 3 is 2.68 bits per heavy atom. The van der Waals surface area contributed by atoms with Gasteiger partial charge < -0.3 is 0 Å². The van der Waals surface area contributed by atoms with Gasteiger partial charge in [-0.15, -0.1) is 0 Å².